The first-order chi connectivity index (χ1) is 14.6. The molecule has 8 heteroatoms. The van der Waals surface area contributed by atoms with Crippen molar-refractivity contribution in [2.24, 2.45) is 5.92 Å². The van der Waals surface area contributed by atoms with Gasteiger partial charge < -0.3 is 20.1 Å². The lowest BCUT2D eigenvalue weighted by Gasteiger charge is -2.25. The first-order valence-electron chi connectivity index (χ1n) is 10.4. The molecule has 1 heterocycles. The molecule has 1 aliphatic rings. The molecule has 31 heavy (non-hydrogen) atoms. The van der Waals surface area contributed by atoms with Gasteiger partial charge in [0.1, 0.15) is 0 Å². The van der Waals surface area contributed by atoms with Gasteiger partial charge in [-0.1, -0.05) is 32.0 Å². The van der Waals surface area contributed by atoms with Crippen molar-refractivity contribution in [3.63, 3.8) is 0 Å². The zero-order chi connectivity index (χ0) is 22.6. The van der Waals surface area contributed by atoms with Crippen LogP contribution in [0.3, 0.4) is 0 Å². The summed E-state index contributed by atoms with van der Waals surface area (Å²) >= 11 is 0. The Balaban J connectivity index is 1.69. The highest BCUT2D eigenvalue weighted by molar-refractivity contribution is 7.90. The minimum Gasteiger partial charge on any atom is -0.490 e. The number of sulfone groups is 1. The second kappa shape index (κ2) is 9.60. The number of rotatable bonds is 6. The third-order valence-corrected chi connectivity index (χ3v) is 6.37. The van der Waals surface area contributed by atoms with Gasteiger partial charge in [0.15, 0.2) is 21.3 Å². The average molecular weight is 447 g/mol. The average Bonchev–Trinajstić information content (AvgIpc) is 2.96. The lowest BCUT2D eigenvalue weighted by atomic mass is 9.95. The van der Waals surface area contributed by atoms with Crippen LogP contribution in [0.25, 0.3) is 0 Å². The molecule has 1 aliphatic heterocycles. The highest BCUT2D eigenvalue weighted by Crippen LogP contribution is 2.34. The summed E-state index contributed by atoms with van der Waals surface area (Å²) in [5, 5.41) is 5.98. The summed E-state index contributed by atoms with van der Waals surface area (Å²) in [6.07, 6.45) is 2.00. The molecule has 0 radical (unpaired) electrons. The van der Waals surface area contributed by atoms with Crippen LogP contribution in [0.4, 0.5) is 4.79 Å². The van der Waals surface area contributed by atoms with E-state index in [0.29, 0.717) is 19.0 Å². The van der Waals surface area contributed by atoms with Crippen LogP contribution in [0.15, 0.2) is 47.4 Å². The van der Waals surface area contributed by atoms with Crippen LogP contribution in [-0.2, 0) is 9.84 Å². The highest BCUT2D eigenvalue weighted by atomic mass is 32.2. The van der Waals surface area contributed by atoms with Crippen LogP contribution in [0.2, 0.25) is 0 Å². The summed E-state index contributed by atoms with van der Waals surface area (Å²) < 4.78 is 34.7. The van der Waals surface area contributed by atoms with E-state index in [0.717, 1.165) is 23.3 Å². The van der Waals surface area contributed by atoms with E-state index in [9.17, 15) is 13.2 Å². The molecule has 0 aliphatic carbocycles. The fourth-order valence-electron chi connectivity index (χ4n) is 3.47. The van der Waals surface area contributed by atoms with E-state index in [1.165, 1.54) is 6.26 Å². The Bertz CT molecular complexity index is 1020. The van der Waals surface area contributed by atoms with E-state index in [1.807, 2.05) is 39.0 Å². The maximum Gasteiger partial charge on any atom is 0.315 e. The molecule has 2 aromatic carbocycles. The van der Waals surface area contributed by atoms with Crippen molar-refractivity contribution in [3.8, 4) is 11.5 Å². The molecule has 3 rings (SSSR count). The second-order valence-corrected chi connectivity index (χ2v) is 10.2. The normalized spacial score (nSPS) is 15.6. The van der Waals surface area contributed by atoms with E-state index < -0.39 is 9.84 Å². The van der Waals surface area contributed by atoms with Gasteiger partial charge in [-0.25, -0.2) is 13.2 Å². The van der Waals surface area contributed by atoms with Crippen molar-refractivity contribution in [2.45, 2.75) is 44.2 Å². The van der Waals surface area contributed by atoms with Gasteiger partial charge >= 0.3 is 6.03 Å². The van der Waals surface area contributed by atoms with E-state index >= 15 is 0 Å². The fourth-order valence-corrected chi connectivity index (χ4v) is 4.11. The first-order valence-corrected chi connectivity index (χ1v) is 12.3. The lowest BCUT2D eigenvalue weighted by Crippen LogP contribution is -2.40. The maximum atomic E-state index is 12.7. The molecule has 0 spiro atoms. The molecule has 0 bridgehead atoms. The molecular weight excluding hydrogens is 416 g/mol. The third kappa shape index (κ3) is 5.91. The molecule has 0 saturated carbocycles. The van der Waals surface area contributed by atoms with Crippen LogP contribution in [0, 0.1) is 5.92 Å². The van der Waals surface area contributed by atoms with Crippen molar-refractivity contribution in [2.75, 3.05) is 19.5 Å². The smallest absolute Gasteiger partial charge is 0.315 e. The fraction of sp³-hybridized carbons (Fsp3) is 0.435. The van der Waals surface area contributed by atoms with Gasteiger partial charge in [0, 0.05) is 12.7 Å². The van der Waals surface area contributed by atoms with E-state index in [4.69, 9.17) is 9.47 Å². The van der Waals surface area contributed by atoms with Crippen LogP contribution in [0.5, 0.6) is 11.5 Å². The van der Waals surface area contributed by atoms with Gasteiger partial charge in [-0.2, -0.15) is 0 Å². The van der Waals surface area contributed by atoms with Gasteiger partial charge in [-0.3, -0.25) is 0 Å². The van der Waals surface area contributed by atoms with Crippen molar-refractivity contribution in [1.82, 2.24) is 10.6 Å². The molecule has 7 nitrogen and oxygen atoms in total. The number of carbonyl (C=O) groups is 1. The second-order valence-electron chi connectivity index (χ2n) is 8.16. The Morgan fingerprint density at radius 1 is 0.903 bits per heavy atom. The number of benzene rings is 2. The summed E-state index contributed by atoms with van der Waals surface area (Å²) in [4.78, 5) is 13.0. The zero-order valence-corrected chi connectivity index (χ0v) is 19.2. The van der Waals surface area contributed by atoms with Gasteiger partial charge in [-0.15, -0.1) is 0 Å². The monoisotopic (exact) mass is 446 g/mol. The van der Waals surface area contributed by atoms with Crippen molar-refractivity contribution >= 4 is 15.9 Å². The van der Waals surface area contributed by atoms with Gasteiger partial charge in [0.2, 0.25) is 0 Å². The molecule has 0 aromatic heterocycles. The third-order valence-electron chi connectivity index (χ3n) is 5.24. The van der Waals surface area contributed by atoms with Crippen LogP contribution in [0.1, 0.15) is 50.4 Å². The van der Waals surface area contributed by atoms with Crippen molar-refractivity contribution < 1.29 is 22.7 Å². The number of ether oxygens (including phenoxy) is 2. The molecule has 0 saturated heterocycles. The minimum atomic E-state index is -3.25. The van der Waals surface area contributed by atoms with Crippen LogP contribution < -0.4 is 20.1 Å². The number of urea groups is 1. The number of carbonyl (C=O) groups excluding carboxylic acids is 1. The van der Waals surface area contributed by atoms with E-state index in [1.54, 1.807) is 24.3 Å². The first kappa shape index (κ1) is 22.9. The Labute approximate surface area is 184 Å². The quantitative estimate of drug-likeness (QED) is 0.699. The summed E-state index contributed by atoms with van der Waals surface area (Å²) in [5.74, 6) is 1.57. The zero-order valence-electron chi connectivity index (χ0n) is 18.3. The van der Waals surface area contributed by atoms with Crippen molar-refractivity contribution in [1.29, 1.82) is 0 Å². The number of fused-ring (bicyclic) bond motifs is 1. The Kier molecular flexibility index (Phi) is 7.10. The number of hydrogen-bond donors (Lipinski definition) is 2. The predicted octanol–water partition coefficient (Wildman–Crippen LogP) is 4.01. The Morgan fingerprint density at radius 3 is 2.13 bits per heavy atom. The maximum absolute atomic E-state index is 12.7. The number of nitrogens with one attached hydrogen (secondary N) is 2. The van der Waals surface area contributed by atoms with Crippen LogP contribution in [-0.4, -0.2) is 33.9 Å². The highest BCUT2D eigenvalue weighted by Gasteiger charge is 2.22. The summed E-state index contributed by atoms with van der Waals surface area (Å²) in [6, 6.07) is 11.5. The topological polar surface area (TPSA) is 93.7 Å². The molecule has 2 atom stereocenters. The molecular formula is C23H30N2O5S. The minimum absolute atomic E-state index is 0.153. The lowest BCUT2D eigenvalue weighted by molar-refractivity contribution is 0.230. The predicted molar refractivity (Wildman–Crippen MR) is 119 cm³/mol. The Hall–Kier alpha value is -2.74. The molecule has 2 N–H and O–H groups in total. The number of hydrogen-bond acceptors (Lipinski definition) is 5. The molecule has 168 valence electrons. The van der Waals surface area contributed by atoms with E-state index in [-0.39, 0.29) is 28.9 Å². The Morgan fingerprint density at radius 2 is 1.52 bits per heavy atom. The summed E-state index contributed by atoms with van der Waals surface area (Å²) in [5.41, 5.74) is 1.76. The van der Waals surface area contributed by atoms with E-state index in [2.05, 4.69) is 10.6 Å². The van der Waals surface area contributed by atoms with Crippen molar-refractivity contribution in [3.05, 3.63) is 53.6 Å². The largest absolute Gasteiger partial charge is 0.490 e. The molecule has 0 unspecified atom stereocenters. The van der Waals surface area contributed by atoms with Gasteiger partial charge in [0.25, 0.3) is 0 Å². The van der Waals surface area contributed by atoms with Gasteiger partial charge in [0.05, 0.1) is 30.2 Å². The number of amides is 2. The summed E-state index contributed by atoms with van der Waals surface area (Å²) in [7, 11) is -3.25. The standard InChI is InChI=1S/C23H30N2O5S/c1-15(2)22(18-8-11-20-21(14-18)30-13-5-12-29-20)25-23(26)24-16(3)17-6-9-19(10-7-17)31(4,27)28/h6-11,14-16,22H,5,12-13H2,1-4H3,(H2,24,25,26)/t16-,22+/m0/s1. The SMILES string of the molecule is CC(C)[C@@H](NC(=O)N[C@@H](C)c1ccc(S(C)(=O)=O)cc1)c1ccc2c(c1)OCCCO2. The molecule has 2 aromatic rings. The molecule has 0 fully saturated rings. The van der Waals surface area contributed by atoms with Gasteiger partial charge in [-0.05, 0) is 48.2 Å². The molecule has 2 amide bonds. The van der Waals surface area contributed by atoms with Crippen LogP contribution >= 0.6 is 0 Å². The summed E-state index contributed by atoms with van der Waals surface area (Å²) in [6.45, 7) is 7.17.